The van der Waals surface area contributed by atoms with Gasteiger partial charge in [0.2, 0.25) is 0 Å². The molecule has 0 N–H and O–H groups in total. The third-order valence-electron chi connectivity index (χ3n) is 1.88. The molecule has 1 aromatic carbocycles. The van der Waals surface area contributed by atoms with Crippen LogP contribution < -0.4 is 0 Å². The molecule has 0 amide bonds. The van der Waals surface area contributed by atoms with E-state index >= 15 is 0 Å². The fourth-order valence-electron chi connectivity index (χ4n) is 1.22. The summed E-state index contributed by atoms with van der Waals surface area (Å²) in [4.78, 5) is 4.01. The number of hydrogen-bond donors (Lipinski definition) is 1. The standard InChI is InChI=1S/C10H7ClN2OS/c11-8-3-1-7(2-4-8)10-9(5-13-15)12-6-14-10/h1-6,15H/b13-5+. The first-order valence-electron chi connectivity index (χ1n) is 4.18. The lowest BCUT2D eigenvalue weighted by atomic mass is 10.1. The summed E-state index contributed by atoms with van der Waals surface area (Å²) in [7, 11) is 0. The van der Waals surface area contributed by atoms with Crippen molar-refractivity contribution in [3.8, 4) is 11.3 Å². The second-order valence-electron chi connectivity index (χ2n) is 2.82. The van der Waals surface area contributed by atoms with E-state index in [0.717, 1.165) is 5.56 Å². The Morgan fingerprint density at radius 3 is 2.73 bits per heavy atom. The van der Waals surface area contributed by atoms with Crippen LogP contribution in [0.2, 0.25) is 5.02 Å². The first kappa shape index (κ1) is 10.3. The number of hydrogen-bond acceptors (Lipinski definition) is 4. The van der Waals surface area contributed by atoms with Gasteiger partial charge in [0.15, 0.2) is 12.2 Å². The van der Waals surface area contributed by atoms with Crippen LogP contribution in [0.4, 0.5) is 0 Å². The number of aromatic nitrogens is 1. The molecular weight excluding hydrogens is 232 g/mol. The number of thiol groups is 1. The SMILES string of the molecule is S/N=C/c1ncoc1-c1ccc(Cl)cc1. The summed E-state index contributed by atoms with van der Waals surface area (Å²) in [6, 6.07) is 7.31. The van der Waals surface area contributed by atoms with Crippen LogP contribution in [-0.4, -0.2) is 11.2 Å². The number of nitrogens with zero attached hydrogens (tertiary/aromatic N) is 2. The zero-order valence-electron chi connectivity index (χ0n) is 7.59. The molecule has 0 fully saturated rings. The maximum absolute atomic E-state index is 5.79. The van der Waals surface area contributed by atoms with Gasteiger partial charge in [-0.1, -0.05) is 11.6 Å². The maximum atomic E-state index is 5.79. The quantitative estimate of drug-likeness (QED) is 0.644. The van der Waals surface area contributed by atoms with E-state index in [0.29, 0.717) is 16.5 Å². The second-order valence-corrected chi connectivity index (χ2v) is 3.49. The predicted octanol–water partition coefficient (Wildman–Crippen LogP) is 3.26. The van der Waals surface area contributed by atoms with Crippen LogP contribution in [0.1, 0.15) is 5.69 Å². The van der Waals surface area contributed by atoms with Gasteiger partial charge in [0, 0.05) is 10.6 Å². The average molecular weight is 239 g/mol. The molecule has 1 heterocycles. The summed E-state index contributed by atoms with van der Waals surface area (Å²) < 4.78 is 8.87. The fraction of sp³-hybridized carbons (Fsp3) is 0. The van der Waals surface area contributed by atoms with Crippen LogP contribution in [0.5, 0.6) is 0 Å². The highest BCUT2D eigenvalue weighted by molar-refractivity contribution is 7.79. The molecule has 0 aliphatic heterocycles. The van der Waals surface area contributed by atoms with E-state index in [2.05, 4.69) is 22.2 Å². The lowest BCUT2D eigenvalue weighted by Gasteiger charge is -1.97. The third-order valence-corrected chi connectivity index (χ3v) is 2.25. The monoisotopic (exact) mass is 238 g/mol. The minimum Gasteiger partial charge on any atom is -0.443 e. The van der Waals surface area contributed by atoms with E-state index in [1.165, 1.54) is 12.6 Å². The third kappa shape index (κ3) is 2.22. The van der Waals surface area contributed by atoms with Gasteiger partial charge >= 0.3 is 0 Å². The van der Waals surface area contributed by atoms with E-state index in [1.54, 1.807) is 12.1 Å². The van der Waals surface area contributed by atoms with Crippen molar-refractivity contribution in [1.82, 2.24) is 4.98 Å². The lowest BCUT2D eigenvalue weighted by molar-refractivity contribution is 0.572. The molecule has 0 aliphatic rings. The van der Waals surface area contributed by atoms with Gasteiger partial charge in [-0.15, -0.1) is 0 Å². The van der Waals surface area contributed by atoms with E-state index in [1.807, 2.05) is 12.1 Å². The Morgan fingerprint density at radius 2 is 2.07 bits per heavy atom. The summed E-state index contributed by atoms with van der Waals surface area (Å²) in [5.74, 6) is 0.657. The molecule has 15 heavy (non-hydrogen) atoms. The Bertz CT molecular complexity index is 478. The molecule has 0 saturated heterocycles. The van der Waals surface area contributed by atoms with E-state index in [-0.39, 0.29) is 0 Å². The minimum absolute atomic E-state index is 0.646. The highest BCUT2D eigenvalue weighted by Crippen LogP contribution is 2.23. The molecule has 2 rings (SSSR count). The van der Waals surface area contributed by atoms with Crippen molar-refractivity contribution in [2.75, 3.05) is 0 Å². The van der Waals surface area contributed by atoms with Gasteiger partial charge in [-0.3, -0.25) is 0 Å². The Balaban J connectivity index is 2.44. The maximum Gasteiger partial charge on any atom is 0.182 e. The summed E-state index contributed by atoms with van der Waals surface area (Å²) in [6.45, 7) is 0. The lowest BCUT2D eigenvalue weighted by Crippen LogP contribution is -1.84. The molecule has 0 spiro atoms. The Kier molecular flexibility index (Phi) is 3.08. The van der Waals surface area contributed by atoms with Crippen molar-refractivity contribution in [2.24, 2.45) is 4.40 Å². The molecule has 5 heteroatoms. The minimum atomic E-state index is 0.646. The predicted molar refractivity (Wildman–Crippen MR) is 63.5 cm³/mol. The normalized spacial score (nSPS) is 11.1. The largest absolute Gasteiger partial charge is 0.443 e. The summed E-state index contributed by atoms with van der Waals surface area (Å²) >= 11 is 9.54. The smallest absolute Gasteiger partial charge is 0.182 e. The Morgan fingerprint density at radius 1 is 1.33 bits per heavy atom. The van der Waals surface area contributed by atoms with Gasteiger partial charge in [-0.2, -0.15) is 0 Å². The van der Waals surface area contributed by atoms with Crippen LogP contribution in [0.25, 0.3) is 11.3 Å². The Labute approximate surface area is 97.4 Å². The molecule has 0 unspecified atom stereocenters. The molecule has 0 aliphatic carbocycles. The molecule has 76 valence electrons. The summed E-state index contributed by atoms with van der Waals surface area (Å²) in [6.07, 6.45) is 2.89. The van der Waals surface area contributed by atoms with Gasteiger partial charge in [-0.25, -0.2) is 9.38 Å². The number of halogens is 1. The van der Waals surface area contributed by atoms with Crippen molar-refractivity contribution >= 4 is 30.6 Å². The van der Waals surface area contributed by atoms with Gasteiger partial charge < -0.3 is 4.42 Å². The average Bonchev–Trinajstić information content (AvgIpc) is 2.68. The second kappa shape index (κ2) is 4.51. The summed E-state index contributed by atoms with van der Waals surface area (Å²) in [5.41, 5.74) is 1.55. The first-order valence-corrected chi connectivity index (χ1v) is 4.96. The summed E-state index contributed by atoms with van der Waals surface area (Å²) in [5, 5.41) is 0.683. The fourth-order valence-corrected chi connectivity index (χ4v) is 1.45. The molecule has 1 aromatic heterocycles. The molecule has 0 atom stereocenters. The van der Waals surface area contributed by atoms with Gasteiger partial charge in [0.25, 0.3) is 0 Å². The molecular formula is C10H7ClN2OS. The zero-order chi connectivity index (χ0) is 10.7. The van der Waals surface area contributed by atoms with Gasteiger partial charge in [-0.05, 0) is 37.1 Å². The van der Waals surface area contributed by atoms with Crippen LogP contribution in [0.3, 0.4) is 0 Å². The highest BCUT2D eigenvalue weighted by atomic mass is 35.5. The van der Waals surface area contributed by atoms with Crippen LogP contribution in [0, 0.1) is 0 Å². The molecule has 2 aromatic rings. The highest BCUT2D eigenvalue weighted by Gasteiger charge is 2.08. The first-order chi connectivity index (χ1) is 7.31. The Hall–Kier alpha value is -1.26. The van der Waals surface area contributed by atoms with Gasteiger partial charge in [0.05, 0.1) is 6.21 Å². The molecule has 0 bridgehead atoms. The molecule has 3 nitrogen and oxygen atoms in total. The van der Waals surface area contributed by atoms with Crippen LogP contribution >= 0.6 is 24.4 Å². The number of rotatable bonds is 2. The van der Waals surface area contributed by atoms with E-state index in [9.17, 15) is 0 Å². The topological polar surface area (TPSA) is 38.4 Å². The van der Waals surface area contributed by atoms with E-state index < -0.39 is 0 Å². The number of oxazole rings is 1. The zero-order valence-corrected chi connectivity index (χ0v) is 9.24. The van der Waals surface area contributed by atoms with Crippen molar-refractivity contribution in [3.05, 3.63) is 41.4 Å². The number of benzene rings is 1. The van der Waals surface area contributed by atoms with Crippen LogP contribution in [0.15, 0.2) is 39.5 Å². The van der Waals surface area contributed by atoms with Crippen molar-refractivity contribution in [1.29, 1.82) is 0 Å². The molecule has 0 radical (unpaired) electrons. The van der Waals surface area contributed by atoms with Gasteiger partial charge in [0.1, 0.15) is 5.69 Å². The van der Waals surface area contributed by atoms with Crippen molar-refractivity contribution in [2.45, 2.75) is 0 Å². The van der Waals surface area contributed by atoms with Crippen molar-refractivity contribution in [3.63, 3.8) is 0 Å². The van der Waals surface area contributed by atoms with Crippen molar-refractivity contribution < 1.29 is 4.42 Å². The van der Waals surface area contributed by atoms with Crippen LogP contribution in [-0.2, 0) is 0 Å². The molecule has 0 saturated carbocycles. The van der Waals surface area contributed by atoms with E-state index in [4.69, 9.17) is 16.0 Å².